The van der Waals surface area contributed by atoms with Gasteiger partial charge in [-0.2, -0.15) is 0 Å². The van der Waals surface area contributed by atoms with E-state index in [1.165, 1.54) is 6.07 Å². The highest BCUT2D eigenvalue weighted by atomic mass is 35.5. The standard InChI is InChI=1S/C23H23ClN2O3S/c1-17-11-13-19(14-12-17)23(18-7-4-3-5-8-18)25-22(27)16-26(30(2,28)29)21-10-6-9-20(24)15-21/h3-15,23H,16H2,1-2H3,(H,25,27)/t23-/m0/s1. The molecule has 0 saturated carbocycles. The normalized spacial score (nSPS) is 12.2. The van der Waals surface area contributed by atoms with Crippen LogP contribution in [0.3, 0.4) is 0 Å². The zero-order chi connectivity index (χ0) is 21.7. The summed E-state index contributed by atoms with van der Waals surface area (Å²) in [5.74, 6) is -0.421. The highest BCUT2D eigenvalue weighted by Gasteiger charge is 2.24. The first-order chi connectivity index (χ1) is 14.2. The molecule has 7 heteroatoms. The van der Waals surface area contributed by atoms with Crippen LogP contribution in [-0.4, -0.2) is 27.1 Å². The number of rotatable bonds is 7. The number of aryl methyl sites for hydroxylation is 1. The molecule has 156 valence electrons. The third-order valence-electron chi connectivity index (χ3n) is 4.63. The van der Waals surface area contributed by atoms with Gasteiger partial charge in [0.1, 0.15) is 6.54 Å². The van der Waals surface area contributed by atoms with E-state index in [1.807, 2.05) is 61.5 Å². The summed E-state index contributed by atoms with van der Waals surface area (Å²) in [6, 6.07) is 23.4. The number of anilines is 1. The van der Waals surface area contributed by atoms with E-state index < -0.39 is 22.0 Å². The zero-order valence-corrected chi connectivity index (χ0v) is 18.3. The van der Waals surface area contributed by atoms with Gasteiger partial charge in [-0.25, -0.2) is 8.42 Å². The fourth-order valence-corrected chi connectivity index (χ4v) is 4.16. The second kappa shape index (κ2) is 9.32. The topological polar surface area (TPSA) is 66.5 Å². The number of hydrogen-bond acceptors (Lipinski definition) is 3. The van der Waals surface area contributed by atoms with Crippen molar-refractivity contribution < 1.29 is 13.2 Å². The van der Waals surface area contributed by atoms with Crippen LogP contribution in [0.4, 0.5) is 5.69 Å². The third-order valence-corrected chi connectivity index (χ3v) is 6.01. The molecule has 3 rings (SSSR count). The molecular formula is C23H23ClN2O3S. The molecule has 0 heterocycles. The van der Waals surface area contributed by atoms with Crippen molar-refractivity contribution in [2.24, 2.45) is 0 Å². The van der Waals surface area contributed by atoms with E-state index in [0.717, 1.165) is 27.3 Å². The van der Waals surface area contributed by atoms with Gasteiger partial charge in [0, 0.05) is 5.02 Å². The van der Waals surface area contributed by atoms with Crippen LogP contribution in [-0.2, 0) is 14.8 Å². The molecule has 3 aromatic carbocycles. The maximum Gasteiger partial charge on any atom is 0.241 e. The summed E-state index contributed by atoms with van der Waals surface area (Å²) in [6.07, 6.45) is 1.07. The molecule has 0 fully saturated rings. The number of hydrogen-bond donors (Lipinski definition) is 1. The van der Waals surface area contributed by atoms with E-state index in [2.05, 4.69) is 5.32 Å². The number of carbonyl (C=O) groups excluding carboxylic acids is 1. The maximum atomic E-state index is 12.9. The fourth-order valence-electron chi connectivity index (χ4n) is 3.13. The summed E-state index contributed by atoms with van der Waals surface area (Å²) in [4.78, 5) is 12.9. The van der Waals surface area contributed by atoms with Crippen LogP contribution in [0.1, 0.15) is 22.7 Å². The molecule has 1 amide bonds. The van der Waals surface area contributed by atoms with Crippen molar-refractivity contribution in [1.82, 2.24) is 5.32 Å². The van der Waals surface area contributed by atoms with Gasteiger partial charge in [0.15, 0.2) is 0 Å². The molecule has 0 radical (unpaired) electrons. The molecule has 0 bridgehead atoms. The molecule has 1 atom stereocenters. The van der Waals surface area contributed by atoms with Crippen LogP contribution in [0.5, 0.6) is 0 Å². The summed E-state index contributed by atoms with van der Waals surface area (Å²) in [5, 5.41) is 3.37. The Bertz CT molecular complexity index is 1120. The van der Waals surface area contributed by atoms with Gasteiger partial charge in [0.2, 0.25) is 15.9 Å². The quantitative estimate of drug-likeness (QED) is 0.592. The molecule has 0 aliphatic rings. The first-order valence-corrected chi connectivity index (χ1v) is 11.6. The van der Waals surface area contributed by atoms with Crippen LogP contribution in [0.2, 0.25) is 5.02 Å². The summed E-state index contributed by atoms with van der Waals surface area (Å²) in [6.45, 7) is 1.64. The number of benzene rings is 3. The van der Waals surface area contributed by atoms with Crippen LogP contribution < -0.4 is 9.62 Å². The van der Waals surface area contributed by atoms with E-state index in [9.17, 15) is 13.2 Å². The van der Waals surface area contributed by atoms with E-state index >= 15 is 0 Å². The molecule has 5 nitrogen and oxygen atoms in total. The van der Waals surface area contributed by atoms with E-state index in [4.69, 9.17) is 11.6 Å². The predicted octanol–water partition coefficient (Wildman–Crippen LogP) is 4.32. The van der Waals surface area contributed by atoms with Crippen molar-refractivity contribution in [1.29, 1.82) is 0 Å². The number of nitrogens with one attached hydrogen (secondary N) is 1. The minimum absolute atomic E-state index is 0.340. The highest BCUT2D eigenvalue weighted by molar-refractivity contribution is 7.92. The fraction of sp³-hybridized carbons (Fsp3) is 0.174. The third kappa shape index (κ3) is 5.62. The maximum absolute atomic E-state index is 12.9. The summed E-state index contributed by atoms with van der Waals surface area (Å²) < 4.78 is 25.7. The van der Waals surface area contributed by atoms with Crippen molar-refractivity contribution in [3.05, 3.63) is 101 Å². The van der Waals surface area contributed by atoms with Gasteiger partial charge in [-0.05, 0) is 36.2 Å². The number of nitrogens with zero attached hydrogens (tertiary/aromatic N) is 1. The lowest BCUT2D eigenvalue weighted by Crippen LogP contribution is -2.41. The van der Waals surface area contributed by atoms with Crippen molar-refractivity contribution in [3.63, 3.8) is 0 Å². The van der Waals surface area contributed by atoms with E-state index in [0.29, 0.717) is 10.7 Å². The van der Waals surface area contributed by atoms with Crippen molar-refractivity contribution in [2.45, 2.75) is 13.0 Å². The van der Waals surface area contributed by atoms with Crippen LogP contribution >= 0.6 is 11.6 Å². The average Bonchev–Trinajstić information content (AvgIpc) is 2.71. The summed E-state index contributed by atoms with van der Waals surface area (Å²) in [7, 11) is -3.69. The summed E-state index contributed by atoms with van der Waals surface area (Å²) >= 11 is 6.01. The molecule has 0 spiro atoms. The van der Waals surface area contributed by atoms with Crippen molar-refractivity contribution in [2.75, 3.05) is 17.1 Å². The van der Waals surface area contributed by atoms with Gasteiger partial charge in [-0.15, -0.1) is 0 Å². The second-order valence-corrected chi connectivity index (χ2v) is 9.41. The Morgan fingerprint density at radius 3 is 2.20 bits per heavy atom. The minimum Gasteiger partial charge on any atom is -0.344 e. The molecule has 0 saturated heterocycles. The lowest BCUT2D eigenvalue weighted by atomic mass is 9.98. The van der Waals surface area contributed by atoms with Crippen LogP contribution in [0, 0.1) is 6.92 Å². The largest absolute Gasteiger partial charge is 0.344 e. The van der Waals surface area contributed by atoms with Gasteiger partial charge >= 0.3 is 0 Å². The Kier molecular flexibility index (Phi) is 6.80. The van der Waals surface area contributed by atoms with Crippen molar-refractivity contribution >= 4 is 33.2 Å². The predicted molar refractivity (Wildman–Crippen MR) is 121 cm³/mol. The Balaban J connectivity index is 1.88. The van der Waals surface area contributed by atoms with Gasteiger partial charge < -0.3 is 5.32 Å². The molecule has 3 aromatic rings. The van der Waals surface area contributed by atoms with Crippen LogP contribution in [0.25, 0.3) is 0 Å². The van der Waals surface area contributed by atoms with E-state index in [-0.39, 0.29) is 6.54 Å². The van der Waals surface area contributed by atoms with Gasteiger partial charge in [0.25, 0.3) is 0 Å². The Labute approximate surface area is 182 Å². The first-order valence-electron chi connectivity index (χ1n) is 9.38. The first kappa shape index (κ1) is 21.9. The van der Waals surface area contributed by atoms with Gasteiger partial charge in [0.05, 0.1) is 18.0 Å². The monoisotopic (exact) mass is 442 g/mol. The molecule has 0 aliphatic carbocycles. The molecule has 1 N–H and O–H groups in total. The molecule has 30 heavy (non-hydrogen) atoms. The molecule has 0 unspecified atom stereocenters. The number of sulfonamides is 1. The molecule has 0 aliphatic heterocycles. The summed E-state index contributed by atoms with van der Waals surface area (Å²) in [5.41, 5.74) is 3.27. The average molecular weight is 443 g/mol. The van der Waals surface area contributed by atoms with E-state index in [1.54, 1.807) is 18.2 Å². The number of carbonyl (C=O) groups is 1. The Hall–Kier alpha value is -2.83. The lowest BCUT2D eigenvalue weighted by Gasteiger charge is -2.25. The highest BCUT2D eigenvalue weighted by Crippen LogP contribution is 2.24. The zero-order valence-electron chi connectivity index (χ0n) is 16.7. The Morgan fingerprint density at radius 2 is 1.60 bits per heavy atom. The molecule has 0 aromatic heterocycles. The van der Waals surface area contributed by atoms with Crippen molar-refractivity contribution in [3.8, 4) is 0 Å². The second-order valence-electron chi connectivity index (χ2n) is 7.07. The lowest BCUT2D eigenvalue weighted by molar-refractivity contribution is -0.120. The number of amides is 1. The minimum atomic E-state index is -3.69. The Morgan fingerprint density at radius 1 is 0.967 bits per heavy atom. The SMILES string of the molecule is Cc1ccc([C@@H](NC(=O)CN(c2cccc(Cl)c2)S(C)(=O)=O)c2ccccc2)cc1. The van der Waals surface area contributed by atoms with Gasteiger partial charge in [-0.3, -0.25) is 9.10 Å². The smallest absolute Gasteiger partial charge is 0.241 e. The van der Waals surface area contributed by atoms with Gasteiger partial charge in [-0.1, -0.05) is 77.8 Å². The number of halogens is 1. The molecular weight excluding hydrogens is 420 g/mol. The van der Waals surface area contributed by atoms with Crippen LogP contribution in [0.15, 0.2) is 78.9 Å².